The van der Waals surface area contributed by atoms with Crippen LogP contribution in [0.2, 0.25) is 0 Å². The number of rotatable bonds is 7. The number of ether oxygens (including phenoxy) is 1. The predicted octanol–water partition coefficient (Wildman–Crippen LogP) is 2.99. The molecule has 150 valence electrons. The van der Waals surface area contributed by atoms with Gasteiger partial charge in [-0.3, -0.25) is 9.59 Å². The molecule has 0 aliphatic carbocycles. The van der Waals surface area contributed by atoms with Gasteiger partial charge in [0.2, 0.25) is 11.1 Å². The number of nitrogen functional groups attached to an aromatic ring is 1. The van der Waals surface area contributed by atoms with E-state index in [1.165, 1.54) is 23.4 Å². The summed E-state index contributed by atoms with van der Waals surface area (Å²) in [6.07, 6.45) is 0. The number of benzene rings is 2. The van der Waals surface area contributed by atoms with Gasteiger partial charge in [0.05, 0.1) is 12.4 Å². The van der Waals surface area contributed by atoms with Crippen molar-refractivity contribution < 1.29 is 14.3 Å². The molecule has 3 rings (SSSR count). The minimum absolute atomic E-state index is 0.0641. The average molecular weight is 411 g/mol. The number of hydrogen-bond donors (Lipinski definition) is 2. The summed E-state index contributed by atoms with van der Waals surface area (Å²) in [5, 5.41) is 11.0. The molecule has 9 heteroatoms. The van der Waals surface area contributed by atoms with Gasteiger partial charge in [0.1, 0.15) is 5.75 Å². The van der Waals surface area contributed by atoms with Gasteiger partial charge in [-0.25, -0.2) is 4.68 Å². The highest BCUT2D eigenvalue weighted by Crippen LogP contribution is 2.26. The van der Waals surface area contributed by atoms with Crippen molar-refractivity contribution in [1.82, 2.24) is 14.9 Å². The maximum absolute atomic E-state index is 12.5. The first kappa shape index (κ1) is 20.4. The van der Waals surface area contributed by atoms with Crippen LogP contribution in [0.25, 0.3) is 11.4 Å². The van der Waals surface area contributed by atoms with E-state index >= 15 is 0 Å². The summed E-state index contributed by atoms with van der Waals surface area (Å²) >= 11 is 1.19. The van der Waals surface area contributed by atoms with Crippen molar-refractivity contribution >= 4 is 29.1 Å². The van der Waals surface area contributed by atoms with E-state index < -0.39 is 5.25 Å². The number of anilines is 1. The van der Waals surface area contributed by atoms with E-state index in [0.29, 0.717) is 22.2 Å². The Labute approximate surface area is 172 Å². The number of nitrogens with two attached hydrogens (primary N) is 1. The van der Waals surface area contributed by atoms with E-state index in [4.69, 9.17) is 10.6 Å². The third-order valence-electron chi connectivity index (χ3n) is 4.20. The average Bonchev–Trinajstić information content (AvgIpc) is 3.08. The van der Waals surface area contributed by atoms with Crippen LogP contribution in [0, 0.1) is 0 Å². The Morgan fingerprint density at radius 2 is 1.90 bits per heavy atom. The van der Waals surface area contributed by atoms with Crippen LogP contribution in [0.3, 0.4) is 0 Å². The topological polar surface area (TPSA) is 112 Å². The zero-order valence-corrected chi connectivity index (χ0v) is 17.1. The number of amides is 1. The number of carbonyl (C=O) groups is 2. The second kappa shape index (κ2) is 8.78. The summed E-state index contributed by atoms with van der Waals surface area (Å²) in [4.78, 5) is 24.0. The quantitative estimate of drug-likeness (QED) is 0.349. The largest absolute Gasteiger partial charge is 0.497 e. The molecule has 3 aromatic rings. The van der Waals surface area contributed by atoms with Crippen LogP contribution in [-0.4, -0.2) is 38.9 Å². The Morgan fingerprint density at radius 1 is 1.17 bits per heavy atom. The molecule has 1 aromatic heterocycles. The fourth-order valence-corrected chi connectivity index (χ4v) is 3.34. The summed E-state index contributed by atoms with van der Waals surface area (Å²) < 4.78 is 6.50. The van der Waals surface area contributed by atoms with Crippen molar-refractivity contribution in [1.29, 1.82) is 0 Å². The van der Waals surface area contributed by atoms with Crippen molar-refractivity contribution in [2.75, 3.05) is 18.3 Å². The number of hydrogen-bond acceptors (Lipinski definition) is 7. The number of Topliss-reactive ketones (excluding diaryl/α,β-unsaturated/α-hetero) is 1. The number of nitrogens with one attached hydrogen (secondary N) is 1. The van der Waals surface area contributed by atoms with Crippen LogP contribution in [0.5, 0.6) is 5.75 Å². The van der Waals surface area contributed by atoms with Crippen LogP contribution >= 0.6 is 11.8 Å². The smallest absolute Gasteiger partial charge is 0.237 e. The highest BCUT2D eigenvalue weighted by Gasteiger charge is 2.20. The van der Waals surface area contributed by atoms with Gasteiger partial charge in [-0.2, -0.15) is 0 Å². The fourth-order valence-electron chi connectivity index (χ4n) is 2.57. The standard InChI is InChI=1S/C20H21N5O3S/c1-12(26)15-5-4-6-16(11-15)22-19(27)13(2)29-20-24-23-18(25(20)21)14-7-9-17(28-3)10-8-14/h4-11,13H,21H2,1-3H3,(H,22,27)/t13-/m0/s1. The first-order chi connectivity index (χ1) is 13.9. The molecule has 1 amide bonds. The summed E-state index contributed by atoms with van der Waals surface area (Å²) in [5.41, 5.74) is 1.88. The van der Waals surface area contributed by atoms with Crippen LogP contribution in [0.1, 0.15) is 24.2 Å². The lowest BCUT2D eigenvalue weighted by Crippen LogP contribution is -2.23. The van der Waals surface area contributed by atoms with E-state index in [2.05, 4.69) is 15.5 Å². The summed E-state index contributed by atoms with van der Waals surface area (Å²) in [6, 6.07) is 14.1. The Kier molecular flexibility index (Phi) is 6.18. The highest BCUT2D eigenvalue weighted by molar-refractivity contribution is 8.00. The first-order valence-corrected chi connectivity index (χ1v) is 9.70. The van der Waals surface area contributed by atoms with Gasteiger partial charge in [-0.1, -0.05) is 23.9 Å². The lowest BCUT2D eigenvalue weighted by molar-refractivity contribution is -0.115. The third-order valence-corrected chi connectivity index (χ3v) is 5.26. The predicted molar refractivity (Wildman–Crippen MR) is 113 cm³/mol. The molecule has 0 saturated heterocycles. The number of thioether (sulfide) groups is 1. The third kappa shape index (κ3) is 4.75. The Morgan fingerprint density at radius 3 is 2.55 bits per heavy atom. The van der Waals surface area contributed by atoms with E-state index in [1.807, 2.05) is 24.3 Å². The molecule has 1 atom stereocenters. The molecule has 0 fully saturated rings. The molecule has 0 radical (unpaired) electrons. The van der Waals surface area contributed by atoms with Crippen LogP contribution in [0.4, 0.5) is 5.69 Å². The summed E-state index contributed by atoms with van der Waals surface area (Å²) in [6.45, 7) is 3.23. The lowest BCUT2D eigenvalue weighted by atomic mass is 10.1. The number of methoxy groups -OCH3 is 1. The second-order valence-corrected chi connectivity index (χ2v) is 7.60. The van der Waals surface area contributed by atoms with Crippen LogP contribution < -0.4 is 15.9 Å². The van der Waals surface area contributed by atoms with Crippen molar-refractivity contribution in [2.24, 2.45) is 0 Å². The van der Waals surface area contributed by atoms with Crippen molar-refractivity contribution in [3.05, 3.63) is 54.1 Å². The van der Waals surface area contributed by atoms with Crippen LogP contribution in [0.15, 0.2) is 53.7 Å². The maximum atomic E-state index is 12.5. The minimum Gasteiger partial charge on any atom is -0.497 e. The van der Waals surface area contributed by atoms with E-state index in [9.17, 15) is 9.59 Å². The molecule has 8 nitrogen and oxygen atoms in total. The van der Waals surface area contributed by atoms with Crippen molar-refractivity contribution in [3.63, 3.8) is 0 Å². The highest BCUT2D eigenvalue weighted by atomic mass is 32.2. The number of nitrogens with zero attached hydrogens (tertiary/aromatic N) is 3. The van der Waals surface area contributed by atoms with E-state index in [1.54, 1.807) is 38.3 Å². The summed E-state index contributed by atoms with van der Waals surface area (Å²) in [7, 11) is 1.60. The molecule has 0 saturated carbocycles. The van der Waals surface area contributed by atoms with Crippen molar-refractivity contribution in [2.45, 2.75) is 24.3 Å². The monoisotopic (exact) mass is 411 g/mol. The minimum atomic E-state index is -0.480. The summed E-state index contributed by atoms with van der Waals surface area (Å²) in [5.74, 6) is 7.05. The zero-order valence-electron chi connectivity index (χ0n) is 16.2. The molecule has 0 unspecified atom stereocenters. The number of ketones is 1. The molecule has 0 bridgehead atoms. The molecule has 0 aliphatic heterocycles. The molecule has 2 aromatic carbocycles. The fraction of sp³-hybridized carbons (Fsp3) is 0.200. The van der Waals surface area contributed by atoms with Crippen molar-refractivity contribution in [3.8, 4) is 17.1 Å². The van der Waals surface area contributed by atoms with Gasteiger partial charge in [0, 0.05) is 16.8 Å². The lowest BCUT2D eigenvalue weighted by Gasteiger charge is -2.12. The van der Waals surface area contributed by atoms with Gasteiger partial charge in [0.25, 0.3) is 0 Å². The van der Waals surface area contributed by atoms with Gasteiger partial charge >= 0.3 is 0 Å². The normalized spacial score (nSPS) is 11.7. The van der Waals surface area contributed by atoms with Gasteiger partial charge in [-0.05, 0) is 50.2 Å². The van der Waals surface area contributed by atoms with Crippen LogP contribution in [-0.2, 0) is 4.79 Å². The number of carbonyl (C=O) groups excluding carboxylic acids is 2. The molecule has 29 heavy (non-hydrogen) atoms. The number of aromatic nitrogens is 3. The molecular weight excluding hydrogens is 390 g/mol. The van der Waals surface area contributed by atoms with Gasteiger partial charge < -0.3 is 15.9 Å². The van der Waals surface area contributed by atoms with E-state index in [0.717, 1.165) is 11.3 Å². The molecular formula is C20H21N5O3S. The molecule has 0 aliphatic rings. The van der Waals surface area contributed by atoms with Gasteiger partial charge in [-0.15, -0.1) is 10.2 Å². The second-order valence-electron chi connectivity index (χ2n) is 6.29. The molecule has 0 spiro atoms. The maximum Gasteiger partial charge on any atom is 0.237 e. The SMILES string of the molecule is COc1ccc(-c2nnc(S[C@@H](C)C(=O)Nc3cccc(C(C)=O)c3)n2N)cc1. The molecule has 3 N–H and O–H groups in total. The Balaban J connectivity index is 1.69. The molecule has 1 heterocycles. The zero-order chi connectivity index (χ0) is 21.0. The Bertz CT molecular complexity index is 1030. The van der Waals surface area contributed by atoms with Gasteiger partial charge in [0.15, 0.2) is 11.6 Å². The Hall–Kier alpha value is -3.33. The first-order valence-electron chi connectivity index (χ1n) is 8.82. The van der Waals surface area contributed by atoms with E-state index in [-0.39, 0.29) is 11.7 Å².